The normalized spacial score (nSPS) is 14.3. The molecule has 1 aliphatic rings. The molecule has 0 N–H and O–H groups in total. The van der Waals surface area contributed by atoms with Gasteiger partial charge in [0, 0.05) is 32.7 Å². The van der Waals surface area contributed by atoms with E-state index < -0.39 is 0 Å². The highest BCUT2D eigenvalue weighted by Crippen LogP contribution is 2.16. The number of carbonyl (C=O) groups excluding carboxylic acids is 1. The van der Waals surface area contributed by atoms with Crippen molar-refractivity contribution in [2.75, 3.05) is 26.2 Å². The van der Waals surface area contributed by atoms with Crippen LogP contribution < -0.4 is 4.74 Å². The predicted molar refractivity (Wildman–Crippen MR) is 112 cm³/mol. The molecule has 1 aliphatic heterocycles. The SMILES string of the molecule is N#Cc1cnn(C(=O)N2CCN(Cc3ccc(OCc4ccccc4)cc3)CC2)c1. The second-order valence-corrected chi connectivity index (χ2v) is 7.25. The highest BCUT2D eigenvalue weighted by molar-refractivity contribution is 5.76. The summed E-state index contributed by atoms with van der Waals surface area (Å²) in [5, 5.41) is 12.8. The Morgan fingerprint density at radius 3 is 2.40 bits per heavy atom. The van der Waals surface area contributed by atoms with Gasteiger partial charge in [0.25, 0.3) is 0 Å². The maximum Gasteiger partial charge on any atom is 0.344 e. The summed E-state index contributed by atoms with van der Waals surface area (Å²) in [5.41, 5.74) is 2.75. The standard InChI is InChI=1S/C23H23N5O2/c24-14-21-15-25-28(17-21)23(29)27-12-10-26(11-13-27)16-19-6-8-22(9-7-19)30-18-20-4-2-1-3-5-20/h1-9,15,17H,10-13,16,18H2. The minimum Gasteiger partial charge on any atom is -0.489 e. The lowest BCUT2D eigenvalue weighted by Gasteiger charge is -2.34. The Bertz CT molecular complexity index is 1020. The van der Waals surface area contributed by atoms with E-state index in [1.54, 1.807) is 4.90 Å². The average Bonchev–Trinajstić information content (AvgIpc) is 3.29. The fourth-order valence-corrected chi connectivity index (χ4v) is 3.42. The van der Waals surface area contributed by atoms with Gasteiger partial charge in [-0.15, -0.1) is 0 Å². The average molecular weight is 401 g/mol. The number of piperazine rings is 1. The first kappa shape index (κ1) is 19.7. The van der Waals surface area contributed by atoms with Crippen molar-refractivity contribution in [3.63, 3.8) is 0 Å². The van der Waals surface area contributed by atoms with Crippen LogP contribution in [0.1, 0.15) is 16.7 Å². The highest BCUT2D eigenvalue weighted by Gasteiger charge is 2.22. The van der Waals surface area contributed by atoms with Crippen LogP contribution in [-0.2, 0) is 13.2 Å². The van der Waals surface area contributed by atoms with E-state index in [1.165, 1.54) is 22.6 Å². The molecule has 7 heteroatoms. The number of benzene rings is 2. The molecule has 2 aromatic carbocycles. The van der Waals surface area contributed by atoms with Crippen molar-refractivity contribution in [1.29, 1.82) is 5.26 Å². The first-order valence-corrected chi connectivity index (χ1v) is 9.93. The van der Waals surface area contributed by atoms with Crippen molar-refractivity contribution in [1.82, 2.24) is 19.6 Å². The molecule has 0 radical (unpaired) electrons. The zero-order chi connectivity index (χ0) is 20.8. The molecule has 0 saturated carbocycles. The molecule has 30 heavy (non-hydrogen) atoms. The van der Waals surface area contributed by atoms with Gasteiger partial charge in [0.05, 0.1) is 18.0 Å². The van der Waals surface area contributed by atoms with Gasteiger partial charge in [0.1, 0.15) is 18.4 Å². The lowest BCUT2D eigenvalue weighted by Crippen LogP contribution is -2.49. The summed E-state index contributed by atoms with van der Waals surface area (Å²) in [4.78, 5) is 16.6. The van der Waals surface area contributed by atoms with Gasteiger partial charge in [0.15, 0.2) is 0 Å². The number of ether oxygens (including phenoxy) is 1. The Morgan fingerprint density at radius 2 is 1.73 bits per heavy atom. The number of aromatic nitrogens is 2. The van der Waals surface area contributed by atoms with Crippen LogP contribution in [0.2, 0.25) is 0 Å². The second kappa shape index (κ2) is 9.25. The van der Waals surface area contributed by atoms with Crippen LogP contribution in [0.3, 0.4) is 0 Å². The van der Waals surface area contributed by atoms with E-state index in [9.17, 15) is 4.79 Å². The van der Waals surface area contributed by atoms with E-state index in [1.807, 2.05) is 48.5 Å². The van der Waals surface area contributed by atoms with E-state index in [0.717, 1.165) is 30.9 Å². The summed E-state index contributed by atoms with van der Waals surface area (Å²) >= 11 is 0. The van der Waals surface area contributed by atoms with Crippen molar-refractivity contribution in [3.05, 3.63) is 83.7 Å². The quantitative estimate of drug-likeness (QED) is 0.657. The van der Waals surface area contributed by atoms with Crippen molar-refractivity contribution in [2.45, 2.75) is 13.2 Å². The number of hydrogen-bond acceptors (Lipinski definition) is 5. The summed E-state index contributed by atoms with van der Waals surface area (Å²) in [6, 6.07) is 20.1. The first-order valence-electron chi connectivity index (χ1n) is 9.93. The van der Waals surface area contributed by atoms with Crippen LogP contribution in [0.15, 0.2) is 67.0 Å². The molecule has 1 saturated heterocycles. The lowest BCUT2D eigenvalue weighted by molar-refractivity contribution is 0.134. The molecule has 152 valence electrons. The fraction of sp³-hybridized carbons (Fsp3) is 0.261. The summed E-state index contributed by atoms with van der Waals surface area (Å²) in [5.74, 6) is 0.856. The van der Waals surface area contributed by atoms with Crippen molar-refractivity contribution in [2.24, 2.45) is 0 Å². The van der Waals surface area contributed by atoms with Crippen LogP contribution in [0.5, 0.6) is 5.75 Å². The Labute approximate surface area is 175 Å². The first-order chi connectivity index (χ1) is 14.7. The Hall–Kier alpha value is -3.63. The van der Waals surface area contributed by atoms with E-state index in [-0.39, 0.29) is 6.03 Å². The monoisotopic (exact) mass is 401 g/mol. The third-order valence-electron chi connectivity index (χ3n) is 5.13. The van der Waals surface area contributed by atoms with Gasteiger partial charge in [-0.25, -0.2) is 4.79 Å². The molecule has 1 fully saturated rings. The van der Waals surface area contributed by atoms with E-state index in [2.05, 4.69) is 22.1 Å². The van der Waals surface area contributed by atoms with Crippen LogP contribution in [0, 0.1) is 11.3 Å². The van der Waals surface area contributed by atoms with Crippen molar-refractivity contribution in [3.8, 4) is 11.8 Å². The number of amides is 1. The van der Waals surface area contributed by atoms with E-state index >= 15 is 0 Å². The zero-order valence-corrected chi connectivity index (χ0v) is 16.6. The number of carbonyl (C=O) groups is 1. The van der Waals surface area contributed by atoms with Gasteiger partial charge in [-0.3, -0.25) is 4.90 Å². The van der Waals surface area contributed by atoms with Crippen LogP contribution in [0.4, 0.5) is 4.79 Å². The predicted octanol–water partition coefficient (Wildman–Crippen LogP) is 3.12. The van der Waals surface area contributed by atoms with Gasteiger partial charge >= 0.3 is 6.03 Å². The van der Waals surface area contributed by atoms with E-state index in [4.69, 9.17) is 10.00 Å². The molecule has 0 aliphatic carbocycles. The molecule has 0 spiro atoms. The van der Waals surface area contributed by atoms with Crippen LogP contribution in [0.25, 0.3) is 0 Å². The molecular weight excluding hydrogens is 378 g/mol. The molecule has 3 aromatic rings. The molecule has 0 bridgehead atoms. The summed E-state index contributed by atoms with van der Waals surface area (Å²) < 4.78 is 7.08. The maximum atomic E-state index is 12.5. The molecular formula is C23H23N5O2. The Balaban J connectivity index is 1.24. The Kier molecular flexibility index (Phi) is 6.06. The number of rotatable bonds is 5. The van der Waals surface area contributed by atoms with Gasteiger partial charge in [-0.05, 0) is 23.3 Å². The van der Waals surface area contributed by atoms with Crippen LogP contribution in [-0.4, -0.2) is 51.8 Å². The molecule has 1 aromatic heterocycles. The maximum absolute atomic E-state index is 12.5. The minimum absolute atomic E-state index is 0.184. The molecule has 2 heterocycles. The van der Waals surface area contributed by atoms with Crippen LogP contribution >= 0.6 is 0 Å². The van der Waals surface area contributed by atoms with Crippen molar-refractivity contribution >= 4 is 6.03 Å². The van der Waals surface area contributed by atoms with Crippen molar-refractivity contribution < 1.29 is 9.53 Å². The fourth-order valence-electron chi connectivity index (χ4n) is 3.42. The smallest absolute Gasteiger partial charge is 0.344 e. The van der Waals surface area contributed by atoms with Gasteiger partial charge in [-0.2, -0.15) is 15.0 Å². The van der Waals surface area contributed by atoms with Gasteiger partial charge < -0.3 is 9.64 Å². The second-order valence-electron chi connectivity index (χ2n) is 7.25. The zero-order valence-electron chi connectivity index (χ0n) is 16.6. The summed E-state index contributed by atoms with van der Waals surface area (Å²) in [7, 11) is 0. The lowest BCUT2D eigenvalue weighted by atomic mass is 10.2. The third kappa shape index (κ3) is 4.85. The third-order valence-corrected chi connectivity index (χ3v) is 5.13. The Morgan fingerprint density at radius 1 is 1.00 bits per heavy atom. The number of nitriles is 1. The minimum atomic E-state index is -0.184. The number of nitrogens with zero attached hydrogens (tertiary/aromatic N) is 5. The molecule has 0 atom stereocenters. The summed E-state index contributed by atoms with van der Waals surface area (Å²) in [6.07, 6.45) is 2.87. The van der Waals surface area contributed by atoms with Gasteiger partial charge in [0.2, 0.25) is 0 Å². The molecule has 7 nitrogen and oxygen atoms in total. The molecule has 0 unspecified atom stereocenters. The largest absolute Gasteiger partial charge is 0.489 e. The highest BCUT2D eigenvalue weighted by atomic mass is 16.5. The summed E-state index contributed by atoms with van der Waals surface area (Å²) in [6.45, 7) is 4.26. The molecule has 1 amide bonds. The van der Waals surface area contributed by atoms with Gasteiger partial charge in [-0.1, -0.05) is 42.5 Å². The molecule has 4 rings (SSSR count). The van der Waals surface area contributed by atoms with E-state index in [0.29, 0.717) is 25.3 Å². The topological polar surface area (TPSA) is 74.4 Å². The number of hydrogen-bond donors (Lipinski definition) is 0.